The third kappa shape index (κ3) is 3.63. The third-order valence-corrected chi connectivity index (χ3v) is 7.67. The molecule has 0 unspecified atom stereocenters. The highest BCUT2D eigenvalue weighted by Gasteiger charge is 2.32. The average molecular weight is 425 g/mol. The molecule has 1 fully saturated rings. The van der Waals surface area contributed by atoms with Crippen molar-refractivity contribution < 1.29 is 17.9 Å². The van der Waals surface area contributed by atoms with Crippen LogP contribution in [-0.2, 0) is 32.4 Å². The number of nitrogens with one attached hydrogen (secondary N) is 1. The maximum Gasteiger partial charge on any atom is 0.260 e. The van der Waals surface area contributed by atoms with Crippen LogP contribution in [0.15, 0.2) is 42.5 Å². The zero-order valence-electron chi connectivity index (χ0n) is 16.7. The van der Waals surface area contributed by atoms with Crippen molar-refractivity contribution in [3.8, 4) is 0 Å². The molecule has 0 atom stereocenters. The van der Waals surface area contributed by atoms with Crippen LogP contribution in [0.3, 0.4) is 0 Å². The Labute approximate surface area is 176 Å². The van der Waals surface area contributed by atoms with Crippen molar-refractivity contribution in [3.05, 3.63) is 64.7 Å². The van der Waals surface area contributed by atoms with Crippen molar-refractivity contribution in [2.24, 2.45) is 0 Å². The van der Waals surface area contributed by atoms with Gasteiger partial charge in [0.1, 0.15) is 12.4 Å². The van der Waals surface area contributed by atoms with E-state index in [1.54, 1.807) is 0 Å². The molecule has 0 radical (unpaired) electrons. The first-order valence-corrected chi connectivity index (χ1v) is 12.2. The zero-order chi connectivity index (χ0) is 20.7. The van der Waals surface area contributed by atoms with Gasteiger partial charge in [-0.15, -0.1) is 0 Å². The van der Waals surface area contributed by atoms with Gasteiger partial charge in [0.15, 0.2) is 9.84 Å². The lowest BCUT2D eigenvalue weighted by Crippen LogP contribution is -2.40. The topological polar surface area (TPSA) is 75.7 Å². The molecular weight excluding hydrogens is 400 g/mol. The second kappa shape index (κ2) is 7.56. The van der Waals surface area contributed by atoms with Crippen LogP contribution in [0.5, 0.6) is 0 Å². The Kier molecular flexibility index (Phi) is 4.87. The van der Waals surface area contributed by atoms with Crippen molar-refractivity contribution >= 4 is 32.8 Å². The maximum atomic E-state index is 12.5. The number of para-hydroxylation sites is 1. The number of fused-ring (bicyclic) bond motifs is 2. The molecule has 1 amide bonds. The lowest BCUT2D eigenvalue weighted by Gasteiger charge is -2.26. The minimum absolute atomic E-state index is 0.119. The molecule has 2 aromatic carbocycles. The molecular formula is C23H24N2O4S. The van der Waals surface area contributed by atoms with Crippen LogP contribution in [0, 0.1) is 0 Å². The van der Waals surface area contributed by atoms with Gasteiger partial charge in [0, 0.05) is 35.5 Å². The van der Waals surface area contributed by atoms with Gasteiger partial charge in [-0.3, -0.25) is 4.79 Å². The second-order valence-corrected chi connectivity index (χ2v) is 10.4. The molecule has 1 N–H and O–H groups in total. The fourth-order valence-electron chi connectivity index (χ4n) is 4.40. The molecule has 0 aliphatic carbocycles. The summed E-state index contributed by atoms with van der Waals surface area (Å²) in [6, 6.07) is 14.0. The number of carbonyl (C=O) groups excluding carboxylic acids is 1. The zero-order valence-corrected chi connectivity index (χ0v) is 17.5. The van der Waals surface area contributed by atoms with E-state index >= 15 is 0 Å². The lowest BCUT2D eigenvalue weighted by molar-refractivity contribution is -0.110. The molecule has 0 saturated carbocycles. The summed E-state index contributed by atoms with van der Waals surface area (Å²) in [7, 11) is -2.82. The van der Waals surface area contributed by atoms with E-state index in [0.717, 1.165) is 41.8 Å². The largest absolute Gasteiger partial charge is 0.487 e. The normalized spacial score (nSPS) is 22.3. The first-order chi connectivity index (χ1) is 14.5. The summed E-state index contributed by atoms with van der Waals surface area (Å²) in [5, 5.41) is 2.91. The Morgan fingerprint density at radius 2 is 1.83 bits per heavy atom. The summed E-state index contributed by atoms with van der Waals surface area (Å²) in [5.74, 6) is 1.09. The number of carbonyl (C=O) groups is 1. The van der Waals surface area contributed by atoms with E-state index in [4.69, 9.17) is 4.74 Å². The summed E-state index contributed by atoms with van der Waals surface area (Å²) in [4.78, 5) is 14.8. The number of rotatable bonds is 4. The van der Waals surface area contributed by atoms with Gasteiger partial charge in [0.05, 0.1) is 17.1 Å². The Morgan fingerprint density at radius 3 is 2.67 bits per heavy atom. The van der Waals surface area contributed by atoms with Crippen LogP contribution in [0.2, 0.25) is 0 Å². The van der Waals surface area contributed by atoms with Crippen LogP contribution in [0.4, 0.5) is 5.69 Å². The molecule has 30 heavy (non-hydrogen) atoms. The maximum absolute atomic E-state index is 12.5. The summed E-state index contributed by atoms with van der Waals surface area (Å²) in [5.41, 5.74) is 5.65. The molecule has 5 rings (SSSR count). The number of hydrogen-bond donors (Lipinski definition) is 1. The smallest absolute Gasteiger partial charge is 0.260 e. The standard InChI is InChI=1S/C23H24N2O4S/c26-23-21(19-5-1-2-6-20(19)24-23)22-18-8-7-16(14-17(18)15-29-22)4-3-9-25-10-12-30(27,28)13-11-25/h1-2,5-8,14H,3-4,9-13,15H2,(H,24,26)/b22-21+. The molecule has 3 aliphatic rings. The third-order valence-electron chi connectivity index (χ3n) is 6.06. The molecule has 156 valence electrons. The van der Waals surface area contributed by atoms with Gasteiger partial charge in [-0.1, -0.05) is 36.4 Å². The second-order valence-electron chi connectivity index (χ2n) is 8.08. The quantitative estimate of drug-likeness (QED) is 0.764. The van der Waals surface area contributed by atoms with Gasteiger partial charge in [-0.2, -0.15) is 0 Å². The Bertz CT molecular complexity index is 1140. The molecule has 7 heteroatoms. The SMILES string of the molecule is O=C1Nc2ccccc2/C1=C1\OCc2cc(CCCN3CCS(=O)(=O)CC3)ccc21. The van der Waals surface area contributed by atoms with Gasteiger partial charge in [-0.25, -0.2) is 8.42 Å². The highest BCUT2D eigenvalue weighted by atomic mass is 32.2. The van der Waals surface area contributed by atoms with Gasteiger partial charge >= 0.3 is 0 Å². The van der Waals surface area contributed by atoms with Crippen LogP contribution in [0.25, 0.3) is 11.3 Å². The number of ether oxygens (including phenoxy) is 1. The number of amides is 1. The van der Waals surface area contributed by atoms with Crippen molar-refractivity contribution in [1.29, 1.82) is 0 Å². The van der Waals surface area contributed by atoms with E-state index < -0.39 is 9.84 Å². The minimum atomic E-state index is -2.82. The molecule has 0 bridgehead atoms. The van der Waals surface area contributed by atoms with Crippen LogP contribution >= 0.6 is 0 Å². The summed E-state index contributed by atoms with van der Waals surface area (Å²) >= 11 is 0. The molecule has 2 aromatic rings. The first kappa shape index (κ1) is 19.3. The minimum Gasteiger partial charge on any atom is -0.487 e. The number of aryl methyl sites for hydroxylation is 1. The van der Waals surface area contributed by atoms with E-state index in [2.05, 4.69) is 28.4 Å². The Morgan fingerprint density at radius 1 is 1.03 bits per heavy atom. The summed E-state index contributed by atoms with van der Waals surface area (Å²) in [6.07, 6.45) is 1.93. The lowest BCUT2D eigenvalue weighted by atomic mass is 9.98. The Hall–Kier alpha value is -2.64. The van der Waals surface area contributed by atoms with Crippen LogP contribution in [0.1, 0.15) is 28.7 Å². The molecule has 0 aromatic heterocycles. The molecule has 3 heterocycles. The van der Waals surface area contributed by atoms with Gasteiger partial charge < -0.3 is 15.0 Å². The molecule has 6 nitrogen and oxygen atoms in total. The first-order valence-electron chi connectivity index (χ1n) is 10.3. The van der Waals surface area contributed by atoms with E-state index in [9.17, 15) is 13.2 Å². The number of anilines is 1. The predicted octanol–water partition coefficient (Wildman–Crippen LogP) is 2.70. The highest BCUT2D eigenvalue weighted by molar-refractivity contribution is 7.91. The molecule has 3 aliphatic heterocycles. The van der Waals surface area contributed by atoms with E-state index in [1.807, 2.05) is 24.3 Å². The molecule has 0 spiro atoms. The van der Waals surface area contributed by atoms with Crippen molar-refractivity contribution in [2.45, 2.75) is 19.4 Å². The van der Waals surface area contributed by atoms with E-state index in [0.29, 0.717) is 31.0 Å². The van der Waals surface area contributed by atoms with Crippen LogP contribution in [-0.4, -0.2) is 50.4 Å². The highest BCUT2D eigenvalue weighted by Crippen LogP contribution is 2.41. The Balaban J connectivity index is 1.29. The summed E-state index contributed by atoms with van der Waals surface area (Å²) < 4.78 is 29.0. The van der Waals surface area contributed by atoms with Gasteiger partial charge in [0.2, 0.25) is 0 Å². The number of hydrogen-bond acceptors (Lipinski definition) is 5. The van der Waals surface area contributed by atoms with Crippen molar-refractivity contribution in [2.75, 3.05) is 36.5 Å². The van der Waals surface area contributed by atoms with Gasteiger partial charge in [0.25, 0.3) is 5.91 Å². The van der Waals surface area contributed by atoms with Crippen molar-refractivity contribution in [1.82, 2.24) is 4.90 Å². The van der Waals surface area contributed by atoms with E-state index in [-0.39, 0.29) is 17.4 Å². The van der Waals surface area contributed by atoms with Crippen molar-refractivity contribution in [3.63, 3.8) is 0 Å². The molecule has 1 saturated heterocycles. The van der Waals surface area contributed by atoms with E-state index in [1.165, 1.54) is 5.56 Å². The number of sulfone groups is 1. The summed E-state index contributed by atoms with van der Waals surface area (Å²) in [6.45, 7) is 2.67. The average Bonchev–Trinajstić information content (AvgIpc) is 3.28. The van der Waals surface area contributed by atoms with Crippen LogP contribution < -0.4 is 5.32 Å². The van der Waals surface area contributed by atoms with Gasteiger partial charge in [-0.05, 0) is 31.0 Å². The number of benzene rings is 2. The monoisotopic (exact) mass is 424 g/mol. The fraction of sp³-hybridized carbons (Fsp3) is 0.348. The number of nitrogens with zero attached hydrogens (tertiary/aromatic N) is 1. The fourth-order valence-corrected chi connectivity index (χ4v) is 5.68. The predicted molar refractivity (Wildman–Crippen MR) is 117 cm³/mol.